The van der Waals surface area contributed by atoms with Gasteiger partial charge in [-0.05, 0) is 30.7 Å². The van der Waals surface area contributed by atoms with Crippen LogP contribution < -0.4 is 9.64 Å². The van der Waals surface area contributed by atoms with Gasteiger partial charge >= 0.3 is 0 Å². The highest BCUT2D eigenvalue weighted by Gasteiger charge is 2.23. The van der Waals surface area contributed by atoms with Gasteiger partial charge in [0.15, 0.2) is 0 Å². The normalized spacial score (nSPS) is 13.8. The van der Waals surface area contributed by atoms with E-state index in [0.29, 0.717) is 50.2 Å². The maximum atomic E-state index is 12.0. The van der Waals surface area contributed by atoms with E-state index in [-0.39, 0.29) is 5.91 Å². The summed E-state index contributed by atoms with van der Waals surface area (Å²) in [5, 5.41) is 0.530. The summed E-state index contributed by atoms with van der Waals surface area (Å²) >= 11 is 6.49. The molecule has 0 spiro atoms. The Morgan fingerprint density at radius 2 is 1.78 bits per heavy atom. The van der Waals surface area contributed by atoms with Crippen molar-refractivity contribution in [2.24, 2.45) is 0 Å². The van der Waals surface area contributed by atoms with Crippen LogP contribution in [0.2, 0.25) is 5.02 Å². The predicted octanol–water partition coefficient (Wildman–Crippen LogP) is 4.32. The van der Waals surface area contributed by atoms with E-state index in [0.717, 1.165) is 28.1 Å². The van der Waals surface area contributed by atoms with Crippen LogP contribution in [0.4, 0.5) is 5.95 Å². The average Bonchev–Trinajstić information content (AvgIpc) is 2.84. The number of halogens is 1. The Hall–Kier alpha value is -3.19. The molecule has 1 saturated heterocycles. The second kappa shape index (κ2) is 9.96. The van der Waals surface area contributed by atoms with E-state index in [1.54, 1.807) is 12.4 Å². The van der Waals surface area contributed by atoms with E-state index in [4.69, 9.17) is 21.3 Å². The lowest BCUT2D eigenvalue weighted by molar-refractivity contribution is -0.131. The third-order valence-corrected chi connectivity index (χ3v) is 5.80. The summed E-state index contributed by atoms with van der Waals surface area (Å²) < 4.78 is 5.57. The van der Waals surface area contributed by atoms with Crippen LogP contribution in [0.25, 0.3) is 22.4 Å². The monoisotopic (exact) mass is 451 g/mol. The molecule has 7 nitrogen and oxygen atoms in total. The zero-order valence-corrected chi connectivity index (χ0v) is 19.0. The van der Waals surface area contributed by atoms with Crippen molar-refractivity contribution in [3.63, 3.8) is 0 Å². The lowest BCUT2D eigenvalue weighted by Crippen LogP contribution is -2.49. The summed E-state index contributed by atoms with van der Waals surface area (Å²) in [6, 6.07) is 9.74. The molecule has 0 bridgehead atoms. The number of rotatable bonds is 6. The van der Waals surface area contributed by atoms with E-state index in [9.17, 15) is 4.79 Å². The van der Waals surface area contributed by atoms with Gasteiger partial charge in [-0.15, -0.1) is 0 Å². The molecule has 0 unspecified atom stereocenters. The van der Waals surface area contributed by atoms with Crippen molar-refractivity contribution < 1.29 is 9.53 Å². The highest BCUT2D eigenvalue weighted by molar-refractivity contribution is 6.33. The van der Waals surface area contributed by atoms with Crippen molar-refractivity contribution >= 4 is 23.5 Å². The van der Waals surface area contributed by atoms with Crippen molar-refractivity contribution in [3.05, 3.63) is 53.9 Å². The molecule has 4 rings (SSSR count). The molecule has 1 amide bonds. The largest absolute Gasteiger partial charge is 0.494 e. The molecule has 3 heterocycles. The molecule has 0 aliphatic carbocycles. The number of carbonyl (C=O) groups excluding carboxylic acids is 1. The van der Waals surface area contributed by atoms with Crippen LogP contribution in [-0.4, -0.2) is 58.5 Å². The molecule has 0 atom stereocenters. The van der Waals surface area contributed by atoms with Gasteiger partial charge in [0, 0.05) is 62.3 Å². The van der Waals surface area contributed by atoms with Crippen molar-refractivity contribution in [1.29, 1.82) is 0 Å². The van der Waals surface area contributed by atoms with Gasteiger partial charge in [0.2, 0.25) is 11.9 Å². The summed E-state index contributed by atoms with van der Waals surface area (Å²) in [5.74, 6) is 1.63. The number of carbonyl (C=O) groups is 1. The molecule has 8 heteroatoms. The Labute approximate surface area is 193 Å². The molecule has 1 aliphatic heterocycles. The van der Waals surface area contributed by atoms with Crippen LogP contribution in [0.15, 0.2) is 48.9 Å². The first kappa shape index (κ1) is 22.0. The lowest BCUT2D eigenvalue weighted by atomic mass is 10.0. The second-order valence-corrected chi connectivity index (χ2v) is 7.87. The number of anilines is 1. The highest BCUT2D eigenvalue weighted by atomic mass is 35.5. The number of nitrogens with zero attached hydrogens (tertiary/aromatic N) is 5. The minimum atomic E-state index is 0.181. The van der Waals surface area contributed by atoms with E-state index in [2.05, 4.69) is 14.9 Å². The van der Waals surface area contributed by atoms with Gasteiger partial charge in [0.25, 0.3) is 0 Å². The minimum Gasteiger partial charge on any atom is -0.494 e. The highest BCUT2D eigenvalue weighted by Crippen LogP contribution is 2.35. The fraction of sp³-hybridized carbons (Fsp3) is 0.333. The summed E-state index contributed by atoms with van der Waals surface area (Å²) in [6.07, 6.45) is 5.70. The fourth-order valence-electron chi connectivity index (χ4n) is 3.79. The molecule has 166 valence electrons. The SMILES string of the molecule is CCOc1ccc(-c2cnc(N3CCN(C(=O)CC)CC3)nc2-c2ccncc2Cl)cc1. The number of hydrogen-bond donors (Lipinski definition) is 0. The zero-order valence-electron chi connectivity index (χ0n) is 18.3. The van der Waals surface area contributed by atoms with Gasteiger partial charge in [0.05, 0.1) is 17.3 Å². The number of benzene rings is 1. The summed E-state index contributed by atoms with van der Waals surface area (Å²) in [5.41, 5.74) is 3.40. The summed E-state index contributed by atoms with van der Waals surface area (Å²) in [4.78, 5) is 29.7. The van der Waals surface area contributed by atoms with Gasteiger partial charge in [-0.2, -0.15) is 0 Å². The lowest BCUT2D eigenvalue weighted by Gasteiger charge is -2.34. The molecular formula is C24H26ClN5O2. The van der Waals surface area contributed by atoms with E-state index < -0.39 is 0 Å². The number of aromatic nitrogens is 3. The summed E-state index contributed by atoms with van der Waals surface area (Å²) in [6.45, 7) is 7.19. The maximum absolute atomic E-state index is 12.0. The molecule has 0 saturated carbocycles. The topological polar surface area (TPSA) is 71.5 Å². The Morgan fingerprint density at radius 1 is 1.03 bits per heavy atom. The molecule has 32 heavy (non-hydrogen) atoms. The maximum Gasteiger partial charge on any atom is 0.226 e. The zero-order chi connectivity index (χ0) is 22.5. The van der Waals surface area contributed by atoms with Crippen LogP contribution in [-0.2, 0) is 4.79 Å². The van der Waals surface area contributed by atoms with Crippen LogP contribution in [0, 0.1) is 0 Å². The third kappa shape index (κ3) is 4.67. The van der Waals surface area contributed by atoms with Crippen LogP contribution in [0.1, 0.15) is 20.3 Å². The van der Waals surface area contributed by atoms with Crippen LogP contribution in [0.5, 0.6) is 5.75 Å². The quantitative estimate of drug-likeness (QED) is 0.556. The van der Waals surface area contributed by atoms with Crippen molar-refractivity contribution in [2.75, 3.05) is 37.7 Å². The Morgan fingerprint density at radius 3 is 2.44 bits per heavy atom. The fourth-order valence-corrected chi connectivity index (χ4v) is 3.99. The molecular weight excluding hydrogens is 426 g/mol. The molecule has 0 radical (unpaired) electrons. The van der Waals surface area contributed by atoms with Gasteiger partial charge in [-0.1, -0.05) is 30.7 Å². The standard InChI is InChI=1S/C24H26ClN5O2/c1-3-22(31)29-11-13-30(14-12-29)24-27-15-20(17-5-7-18(8-6-17)32-4-2)23(28-24)19-9-10-26-16-21(19)25/h5-10,15-16H,3-4,11-14H2,1-2H3. The smallest absolute Gasteiger partial charge is 0.226 e. The molecule has 1 aromatic carbocycles. The first-order valence-corrected chi connectivity index (χ1v) is 11.2. The van der Waals surface area contributed by atoms with E-state index in [1.807, 2.05) is 55.3 Å². The molecule has 1 aliphatic rings. The predicted molar refractivity (Wildman–Crippen MR) is 126 cm³/mol. The Bertz CT molecular complexity index is 1080. The van der Waals surface area contributed by atoms with Crippen LogP contribution in [0.3, 0.4) is 0 Å². The van der Waals surface area contributed by atoms with Gasteiger partial charge in [-0.25, -0.2) is 9.97 Å². The molecule has 0 N–H and O–H groups in total. The van der Waals surface area contributed by atoms with Crippen LogP contribution >= 0.6 is 11.6 Å². The van der Waals surface area contributed by atoms with Gasteiger partial charge < -0.3 is 14.5 Å². The number of amides is 1. The Kier molecular flexibility index (Phi) is 6.85. The van der Waals surface area contributed by atoms with Crippen molar-refractivity contribution in [3.8, 4) is 28.1 Å². The van der Waals surface area contributed by atoms with Gasteiger partial charge in [-0.3, -0.25) is 9.78 Å². The number of hydrogen-bond acceptors (Lipinski definition) is 6. The van der Waals surface area contributed by atoms with Crippen molar-refractivity contribution in [2.45, 2.75) is 20.3 Å². The van der Waals surface area contributed by atoms with Gasteiger partial charge in [0.1, 0.15) is 5.75 Å². The molecule has 2 aromatic heterocycles. The third-order valence-electron chi connectivity index (χ3n) is 5.50. The minimum absolute atomic E-state index is 0.181. The molecule has 1 fully saturated rings. The van der Waals surface area contributed by atoms with E-state index in [1.165, 1.54) is 0 Å². The first-order chi connectivity index (χ1) is 15.6. The first-order valence-electron chi connectivity index (χ1n) is 10.8. The number of ether oxygens (including phenoxy) is 1. The average molecular weight is 452 g/mol. The van der Waals surface area contributed by atoms with Crippen molar-refractivity contribution in [1.82, 2.24) is 19.9 Å². The van der Waals surface area contributed by atoms with E-state index >= 15 is 0 Å². The summed E-state index contributed by atoms with van der Waals surface area (Å²) in [7, 11) is 0. The number of piperazine rings is 1. The second-order valence-electron chi connectivity index (χ2n) is 7.47. The Balaban J connectivity index is 1.69. The molecule has 3 aromatic rings. The number of pyridine rings is 1.